The Kier molecular flexibility index (Phi) is 7.02. The molecule has 7 nitrogen and oxygen atoms in total. The lowest BCUT2D eigenvalue weighted by Crippen LogP contribution is -2.41. The standard InChI is InChI=1S/C24H33N5O2/c1-27-23(30)16-22(17-26-27)29-13-9-21(18-29)24(31)25-10-14-28-11-7-20(8-12-28)15-19-5-3-2-4-6-19/h2-6,16-17,20-21H,7-15,18H2,1H3,(H,25,31). The van der Waals surface area contributed by atoms with Crippen molar-refractivity contribution in [2.24, 2.45) is 18.9 Å². The molecule has 2 saturated heterocycles. The van der Waals surface area contributed by atoms with Crippen LogP contribution in [0.4, 0.5) is 5.69 Å². The van der Waals surface area contributed by atoms with Crippen molar-refractivity contribution in [1.82, 2.24) is 20.0 Å². The van der Waals surface area contributed by atoms with Crippen molar-refractivity contribution in [3.8, 4) is 0 Å². The van der Waals surface area contributed by atoms with E-state index in [2.05, 4.69) is 50.5 Å². The van der Waals surface area contributed by atoms with E-state index in [9.17, 15) is 9.59 Å². The third-order valence-corrected chi connectivity index (χ3v) is 6.68. The summed E-state index contributed by atoms with van der Waals surface area (Å²) < 4.78 is 1.31. The summed E-state index contributed by atoms with van der Waals surface area (Å²) in [6.07, 6.45) is 6.14. The molecule has 2 fully saturated rings. The largest absolute Gasteiger partial charge is 0.369 e. The van der Waals surface area contributed by atoms with Crippen LogP contribution in [0, 0.1) is 11.8 Å². The molecule has 1 aromatic carbocycles. The van der Waals surface area contributed by atoms with Gasteiger partial charge in [-0.2, -0.15) is 5.10 Å². The number of hydrogen-bond acceptors (Lipinski definition) is 5. The molecule has 0 aliphatic carbocycles. The molecule has 31 heavy (non-hydrogen) atoms. The van der Waals surface area contributed by atoms with Crippen LogP contribution in [0.5, 0.6) is 0 Å². The van der Waals surface area contributed by atoms with Crippen LogP contribution in [-0.2, 0) is 18.3 Å². The maximum absolute atomic E-state index is 12.6. The number of amides is 1. The maximum atomic E-state index is 12.6. The van der Waals surface area contributed by atoms with E-state index >= 15 is 0 Å². The van der Waals surface area contributed by atoms with Crippen molar-refractivity contribution in [3.05, 3.63) is 58.5 Å². The molecule has 1 N–H and O–H groups in total. The summed E-state index contributed by atoms with van der Waals surface area (Å²) in [7, 11) is 1.64. The molecular formula is C24H33N5O2. The summed E-state index contributed by atoms with van der Waals surface area (Å²) in [4.78, 5) is 29.0. The van der Waals surface area contributed by atoms with Gasteiger partial charge < -0.3 is 15.1 Å². The molecule has 166 valence electrons. The highest BCUT2D eigenvalue weighted by Crippen LogP contribution is 2.23. The Morgan fingerprint density at radius 2 is 1.90 bits per heavy atom. The van der Waals surface area contributed by atoms with E-state index in [1.807, 2.05) is 0 Å². The van der Waals surface area contributed by atoms with Gasteiger partial charge in [0.1, 0.15) is 0 Å². The number of hydrogen-bond donors (Lipinski definition) is 1. The molecule has 0 saturated carbocycles. The molecule has 7 heteroatoms. The molecule has 1 amide bonds. The molecule has 3 heterocycles. The van der Waals surface area contributed by atoms with Crippen molar-refractivity contribution in [3.63, 3.8) is 0 Å². The Labute approximate surface area is 184 Å². The molecule has 0 spiro atoms. The highest BCUT2D eigenvalue weighted by molar-refractivity contribution is 5.80. The number of anilines is 1. The van der Waals surface area contributed by atoms with E-state index in [0.29, 0.717) is 13.1 Å². The van der Waals surface area contributed by atoms with Crippen molar-refractivity contribution in [2.75, 3.05) is 44.2 Å². The number of aryl methyl sites for hydroxylation is 1. The lowest BCUT2D eigenvalue weighted by Gasteiger charge is -2.32. The van der Waals surface area contributed by atoms with Gasteiger partial charge in [-0.3, -0.25) is 9.59 Å². The molecule has 4 rings (SSSR count). The van der Waals surface area contributed by atoms with Crippen LogP contribution in [-0.4, -0.2) is 59.9 Å². The van der Waals surface area contributed by atoms with Crippen LogP contribution in [0.2, 0.25) is 0 Å². The molecule has 1 atom stereocenters. The normalized spacial score (nSPS) is 20.2. The van der Waals surface area contributed by atoms with Crippen LogP contribution in [0.15, 0.2) is 47.4 Å². The van der Waals surface area contributed by atoms with Gasteiger partial charge in [0.15, 0.2) is 0 Å². The number of nitrogens with one attached hydrogen (secondary N) is 1. The van der Waals surface area contributed by atoms with Gasteiger partial charge in [0.25, 0.3) is 5.56 Å². The minimum absolute atomic E-state index is 0.0272. The second-order valence-corrected chi connectivity index (χ2v) is 8.87. The molecule has 1 unspecified atom stereocenters. The van der Waals surface area contributed by atoms with Crippen LogP contribution < -0.4 is 15.8 Å². The smallest absolute Gasteiger partial charge is 0.268 e. The number of rotatable bonds is 7. The number of nitrogens with zero attached hydrogens (tertiary/aromatic N) is 4. The number of likely N-dealkylation sites (tertiary alicyclic amines) is 1. The lowest BCUT2D eigenvalue weighted by atomic mass is 9.90. The summed E-state index contributed by atoms with van der Waals surface area (Å²) in [6, 6.07) is 12.3. The summed E-state index contributed by atoms with van der Waals surface area (Å²) >= 11 is 0. The highest BCUT2D eigenvalue weighted by atomic mass is 16.2. The minimum Gasteiger partial charge on any atom is -0.369 e. The zero-order valence-electron chi connectivity index (χ0n) is 18.4. The minimum atomic E-state index is -0.127. The number of piperidine rings is 1. The second-order valence-electron chi connectivity index (χ2n) is 8.87. The van der Waals surface area contributed by atoms with Gasteiger partial charge in [-0.25, -0.2) is 4.68 Å². The molecular weight excluding hydrogens is 390 g/mol. The first kappa shape index (κ1) is 21.6. The zero-order valence-corrected chi connectivity index (χ0v) is 18.4. The predicted molar refractivity (Wildman–Crippen MR) is 122 cm³/mol. The van der Waals surface area contributed by atoms with Gasteiger partial charge in [-0.05, 0) is 50.3 Å². The fourth-order valence-corrected chi connectivity index (χ4v) is 4.68. The highest BCUT2D eigenvalue weighted by Gasteiger charge is 2.29. The second kappa shape index (κ2) is 10.1. The van der Waals surface area contributed by atoms with Crippen molar-refractivity contribution in [2.45, 2.75) is 25.7 Å². The Morgan fingerprint density at radius 1 is 1.13 bits per heavy atom. The van der Waals surface area contributed by atoms with E-state index in [1.54, 1.807) is 19.3 Å². The van der Waals surface area contributed by atoms with Gasteiger partial charge in [-0.15, -0.1) is 0 Å². The fourth-order valence-electron chi connectivity index (χ4n) is 4.68. The summed E-state index contributed by atoms with van der Waals surface area (Å²) in [5.74, 6) is 0.862. The molecule has 2 aliphatic heterocycles. The van der Waals surface area contributed by atoms with Gasteiger partial charge in [0.2, 0.25) is 5.91 Å². The average Bonchev–Trinajstić information content (AvgIpc) is 3.28. The monoisotopic (exact) mass is 423 g/mol. The SMILES string of the molecule is Cn1ncc(N2CCC(C(=O)NCCN3CCC(Cc4ccccc4)CC3)C2)cc1=O. The first-order valence-corrected chi connectivity index (χ1v) is 11.4. The van der Waals surface area contributed by atoms with Crippen LogP contribution in [0.25, 0.3) is 0 Å². The number of aromatic nitrogens is 2. The topological polar surface area (TPSA) is 70.5 Å². The van der Waals surface area contributed by atoms with Crippen LogP contribution in [0.3, 0.4) is 0 Å². The van der Waals surface area contributed by atoms with E-state index in [1.165, 1.54) is 29.5 Å². The van der Waals surface area contributed by atoms with Gasteiger partial charge in [-0.1, -0.05) is 30.3 Å². The lowest BCUT2D eigenvalue weighted by molar-refractivity contribution is -0.124. The third-order valence-electron chi connectivity index (χ3n) is 6.68. The summed E-state index contributed by atoms with van der Waals surface area (Å²) in [6.45, 7) is 5.26. The molecule has 0 bridgehead atoms. The fraction of sp³-hybridized carbons (Fsp3) is 0.542. The van der Waals surface area contributed by atoms with Gasteiger partial charge >= 0.3 is 0 Å². The van der Waals surface area contributed by atoms with Gasteiger partial charge in [0, 0.05) is 39.3 Å². The third kappa shape index (κ3) is 5.73. The number of benzene rings is 1. The quantitative estimate of drug-likeness (QED) is 0.734. The Hall–Kier alpha value is -2.67. The van der Waals surface area contributed by atoms with Gasteiger partial charge in [0.05, 0.1) is 17.8 Å². The van der Waals surface area contributed by atoms with Crippen molar-refractivity contribution < 1.29 is 4.79 Å². The number of carbonyl (C=O) groups is 1. The van der Waals surface area contributed by atoms with Crippen molar-refractivity contribution >= 4 is 11.6 Å². The first-order chi connectivity index (χ1) is 15.1. The summed E-state index contributed by atoms with van der Waals surface area (Å²) in [5, 5.41) is 7.21. The number of carbonyl (C=O) groups excluding carboxylic acids is 1. The molecule has 2 aliphatic rings. The van der Waals surface area contributed by atoms with Crippen molar-refractivity contribution in [1.29, 1.82) is 0 Å². The van der Waals surface area contributed by atoms with Crippen LogP contribution >= 0.6 is 0 Å². The summed E-state index contributed by atoms with van der Waals surface area (Å²) in [5.41, 5.74) is 2.11. The van der Waals surface area contributed by atoms with E-state index in [0.717, 1.165) is 44.2 Å². The zero-order chi connectivity index (χ0) is 21.6. The molecule has 2 aromatic rings. The van der Waals surface area contributed by atoms with Crippen LogP contribution in [0.1, 0.15) is 24.8 Å². The Bertz CT molecular complexity index is 921. The van der Waals surface area contributed by atoms with E-state index in [-0.39, 0.29) is 17.4 Å². The maximum Gasteiger partial charge on any atom is 0.268 e. The predicted octanol–water partition coefficient (Wildman–Crippen LogP) is 1.68. The van der Waals surface area contributed by atoms with E-state index < -0.39 is 0 Å². The Morgan fingerprint density at radius 3 is 2.65 bits per heavy atom. The molecule has 1 aromatic heterocycles. The average molecular weight is 424 g/mol. The van der Waals surface area contributed by atoms with E-state index in [4.69, 9.17) is 0 Å². The molecule has 0 radical (unpaired) electrons. The first-order valence-electron chi connectivity index (χ1n) is 11.4. The Balaban J connectivity index is 1.15.